The van der Waals surface area contributed by atoms with Gasteiger partial charge in [-0.1, -0.05) is 45.9 Å². The predicted octanol–water partition coefficient (Wildman–Crippen LogP) is 6.45. The minimum atomic E-state index is -2.22. The van der Waals surface area contributed by atoms with E-state index >= 15 is 0 Å². The lowest BCUT2D eigenvalue weighted by molar-refractivity contribution is -0.398. The minimum Gasteiger partial charge on any atom is -0.390 e. The average Bonchev–Trinajstić information content (AvgIpc) is 3.10. The fourth-order valence-electron chi connectivity index (χ4n) is 7.77. The zero-order valence-electron chi connectivity index (χ0n) is 22.2. The molecule has 2 heterocycles. The van der Waals surface area contributed by atoms with Crippen molar-refractivity contribution in [3.05, 3.63) is 36.5 Å². The van der Waals surface area contributed by atoms with Gasteiger partial charge in [-0.15, -0.1) is 6.58 Å². The monoisotopic (exact) mass is 472 g/mol. The van der Waals surface area contributed by atoms with Crippen molar-refractivity contribution in [2.75, 3.05) is 7.11 Å². The van der Waals surface area contributed by atoms with Gasteiger partial charge < -0.3 is 13.9 Å². The van der Waals surface area contributed by atoms with Crippen molar-refractivity contribution in [3.63, 3.8) is 0 Å². The summed E-state index contributed by atoms with van der Waals surface area (Å²) in [6.45, 7) is 26.4. The third-order valence-corrected chi connectivity index (χ3v) is 14.7. The van der Waals surface area contributed by atoms with Crippen LogP contribution < -0.4 is 0 Å². The zero-order chi connectivity index (χ0) is 24.8. The smallest absolute Gasteiger partial charge is 0.195 e. The maximum absolute atomic E-state index is 13.6. The Hall–Kier alpha value is -1.01. The molecule has 5 rings (SSSR count). The number of ketones is 1. The van der Waals surface area contributed by atoms with Crippen molar-refractivity contribution in [2.45, 2.75) is 96.4 Å². The molecule has 5 aliphatic rings. The van der Waals surface area contributed by atoms with Gasteiger partial charge in [0, 0.05) is 36.7 Å². The van der Waals surface area contributed by atoms with Crippen molar-refractivity contribution >= 4 is 14.1 Å². The van der Waals surface area contributed by atoms with E-state index in [-0.39, 0.29) is 46.0 Å². The van der Waals surface area contributed by atoms with E-state index < -0.39 is 19.7 Å². The predicted molar refractivity (Wildman–Crippen MR) is 135 cm³/mol. The average molecular weight is 473 g/mol. The maximum Gasteiger partial charge on any atom is 0.195 e. The third kappa shape index (κ3) is 3.08. The quantitative estimate of drug-likeness (QED) is 0.329. The Morgan fingerprint density at radius 3 is 2.52 bits per heavy atom. The van der Waals surface area contributed by atoms with Crippen LogP contribution in [0.25, 0.3) is 0 Å². The SMILES string of the molecule is C=CC[C@]12O[C@]3(O[Si](C)(C)C(C)(C)C)C[C@H](C(=O)C=C1C)[C@@]2(C)[C@@H]1[C@@H](C(=C)C)[C@@H](OC)C[C@@H]13. The Morgan fingerprint density at radius 2 is 2.00 bits per heavy atom. The van der Waals surface area contributed by atoms with Gasteiger partial charge in [0.15, 0.2) is 19.9 Å². The number of carbonyl (C=O) groups is 1. The van der Waals surface area contributed by atoms with Gasteiger partial charge in [0.05, 0.1) is 6.10 Å². The Kier molecular flexibility index (Phi) is 5.70. The lowest BCUT2D eigenvalue weighted by Gasteiger charge is -2.73. The van der Waals surface area contributed by atoms with Crippen molar-refractivity contribution in [1.29, 1.82) is 0 Å². The standard InChI is InChI=1S/C28H44O4Si/c1-12-13-27-18(4)14-21(29)20-16-28(31-27,32-33(10,11)25(5,6)7)19-15-22(30-9)23(17(2)3)24(19)26(20,27)8/h12,14,19-20,22-24H,1-2,13,15-16H2,3-11H3/t19-,20+,22-,23-,24-,26-,27-,28-/m0/s1. The molecule has 184 valence electrons. The van der Waals surface area contributed by atoms with E-state index in [1.54, 1.807) is 7.11 Å². The Labute approximate surface area is 202 Å². The van der Waals surface area contributed by atoms with Gasteiger partial charge in [-0.3, -0.25) is 4.79 Å². The van der Waals surface area contributed by atoms with E-state index in [1.165, 1.54) is 0 Å². The fourth-order valence-corrected chi connectivity index (χ4v) is 9.22. The first-order valence-electron chi connectivity index (χ1n) is 12.5. The lowest BCUT2D eigenvalue weighted by atomic mass is 9.41. The highest BCUT2D eigenvalue weighted by molar-refractivity contribution is 6.74. The summed E-state index contributed by atoms with van der Waals surface area (Å²) in [6, 6.07) is 0. The second-order valence-corrected chi connectivity index (χ2v) is 17.6. The number of ether oxygens (including phenoxy) is 2. The number of methoxy groups -OCH3 is 1. The summed E-state index contributed by atoms with van der Waals surface area (Å²) in [5.74, 6) is -0.187. The molecule has 0 aromatic rings. The van der Waals surface area contributed by atoms with E-state index in [1.807, 2.05) is 12.2 Å². The van der Waals surface area contributed by atoms with Crippen LogP contribution in [0.4, 0.5) is 0 Å². The highest BCUT2D eigenvalue weighted by Crippen LogP contribution is 2.75. The van der Waals surface area contributed by atoms with Crippen molar-refractivity contribution in [1.82, 2.24) is 0 Å². The summed E-state index contributed by atoms with van der Waals surface area (Å²) in [5, 5.41) is 0.0292. The maximum atomic E-state index is 13.6. The number of rotatable bonds is 6. The van der Waals surface area contributed by atoms with Crippen LogP contribution in [-0.4, -0.2) is 38.7 Å². The highest BCUT2D eigenvalue weighted by atomic mass is 28.4. The van der Waals surface area contributed by atoms with Crippen molar-refractivity contribution in [3.8, 4) is 0 Å². The summed E-state index contributed by atoms with van der Waals surface area (Å²) < 4.78 is 20.7. The van der Waals surface area contributed by atoms with Crippen LogP contribution in [0.1, 0.15) is 60.8 Å². The van der Waals surface area contributed by atoms with Crippen molar-refractivity contribution in [2.24, 2.45) is 29.1 Å². The van der Waals surface area contributed by atoms with Crippen LogP contribution in [0.2, 0.25) is 18.1 Å². The molecule has 0 radical (unpaired) electrons. The summed E-state index contributed by atoms with van der Waals surface area (Å²) in [5.41, 5.74) is 1.17. The van der Waals surface area contributed by atoms with Gasteiger partial charge in [0.25, 0.3) is 0 Å². The summed E-state index contributed by atoms with van der Waals surface area (Å²) in [4.78, 5) is 13.6. The number of allylic oxidation sites excluding steroid dienone is 1. The summed E-state index contributed by atoms with van der Waals surface area (Å²) in [7, 11) is -0.413. The first-order chi connectivity index (χ1) is 15.1. The van der Waals surface area contributed by atoms with Crippen LogP contribution in [0.3, 0.4) is 0 Å². The molecule has 0 aromatic carbocycles. The Balaban J connectivity index is 2.00. The molecule has 0 aromatic heterocycles. The summed E-state index contributed by atoms with van der Waals surface area (Å²) in [6.07, 6.45) is 6.02. The van der Waals surface area contributed by atoms with E-state index in [2.05, 4.69) is 67.8 Å². The molecular formula is C28H44O4Si. The van der Waals surface area contributed by atoms with Crippen LogP contribution in [0.5, 0.6) is 0 Å². The normalized spacial score (nSPS) is 44.5. The second kappa shape index (κ2) is 7.49. The van der Waals surface area contributed by atoms with Gasteiger partial charge in [-0.25, -0.2) is 0 Å². The molecule has 2 aliphatic heterocycles. The van der Waals surface area contributed by atoms with Gasteiger partial charge in [-0.05, 0) is 62.4 Å². The molecule has 8 atom stereocenters. The van der Waals surface area contributed by atoms with Crippen LogP contribution in [0, 0.1) is 29.1 Å². The largest absolute Gasteiger partial charge is 0.390 e. The van der Waals surface area contributed by atoms with Gasteiger partial charge >= 0.3 is 0 Å². The van der Waals surface area contributed by atoms with E-state index in [9.17, 15) is 4.79 Å². The fraction of sp³-hybridized carbons (Fsp3) is 0.750. The minimum absolute atomic E-state index is 0.0292. The zero-order valence-corrected chi connectivity index (χ0v) is 23.2. The van der Waals surface area contributed by atoms with Gasteiger partial charge in [-0.2, -0.15) is 0 Å². The number of carbonyl (C=O) groups excluding carboxylic acids is 1. The molecule has 0 amide bonds. The molecule has 2 saturated carbocycles. The summed E-state index contributed by atoms with van der Waals surface area (Å²) >= 11 is 0. The molecule has 33 heavy (non-hydrogen) atoms. The van der Waals surface area contributed by atoms with Crippen molar-refractivity contribution < 1.29 is 18.7 Å². The molecule has 2 saturated heterocycles. The molecule has 0 spiro atoms. The molecule has 4 nitrogen and oxygen atoms in total. The Bertz CT molecular complexity index is 913. The molecule has 4 fully saturated rings. The highest BCUT2D eigenvalue weighted by Gasteiger charge is 2.79. The third-order valence-electron chi connectivity index (χ3n) is 10.3. The molecule has 0 unspecified atom stereocenters. The Morgan fingerprint density at radius 1 is 1.36 bits per heavy atom. The molecular weight excluding hydrogens is 428 g/mol. The number of hydrogen-bond acceptors (Lipinski definition) is 4. The van der Waals surface area contributed by atoms with E-state index in [4.69, 9.17) is 13.9 Å². The molecule has 0 N–H and O–H groups in total. The topological polar surface area (TPSA) is 44.8 Å². The van der Waals surface area contributed by atoms with Gasteiger partial charge in [0.2, 0.25) is 0 Å². The first-order valence-corrected chi connectivity index (χ1v) is 15.4. The van der Waals surface area contributed by atoms with Crippen LogP contribution >= 0.6 is 0 Å². The lowest BCUT2D eigenvalue weighted by Crippen LogP contribution is -2.78. The second-order valence-electron chi connectivity index (χ2n) is 12.9. The molecule has 5 heteroatoms. The van der Waals surface area contributed by atoms with E-state index in [0.717, 1.165) is 17.6 Å². The van der Waals surface area contributed by atoms with Crippen LogP contribution in [-0.2, 0) is 18.7 Å². The van der Waals surface area contributed by atoms with Crippen LogP contribution in [0.15, 0.2) is 36.5 Å². The van der Waals surface area contributed by atoms with Gasteiger partial charge in [0.1, 0.15) is 5.60 Å². The molecule has 3 aliphatic carbocycles. The van der Waals surface area contributed by atoms with E-state index in [0.29, 0.717) is 12.8 Å². The number of hydrogen-bond donors (Lipinski definition) is 0. The first kappa shape index (κ1) is 25.1. The molecule has 4 bridgehead atoms.